The van der Waals surface area contributed by atoms with Crippen LogP contribution in [0.5, 0.6) is 5.75 Å². The van der Waals surface area contributed by atoms with Gasteiger partial charge in [0.25, 0.3) is 0 Å². The lowest BCUT2D eigenvalue weighted by atomic mass is 9.83. The number of nitrogens with one attached hydrogen (secondary N) is 1. The van der Waals surface area contributed by atoms with Crippen molar-refractivity contribution >= 4 is 17.4 Å². The zero-order valence-electron chi connectivity index (χ0n) is 12.1. The SMILES string of the molecule is CCOc1ccc(NC(=O)C2(C(N)=NO)CCCC2)cc1. The highest BCUT2D eigenvalue weighted by molar-refractivity contribution is 6.12. The van der Waals surface area contributed by atoms with E-state index in [2.05, 4.69) is 10.5 Å². The summed E-state index contributed by atoms with van der Waals surface area (Å²) in [5, 5.41) is 14.8. The Morgan fingerprint density at radius 2 is 2.00 bits per heavy atom. The van der Waals surface area contributed by atoms with E-state index in [1.54, 1.807) is 24.3 Å². The summed E-state index contributed by atoms with van der Waals surface area (Å²) in [5.41, 5.74) is 5.52. The lowest BCUT2D eigenvalue weighted by Crippen LogP contribution is -2.45. The number of oxime groups is 1. The van der Waals surface area contributed by atoms with Crippen molar-refractivity contribution < 1.29 is 14.7 Å². The van der Waals surface area contributed by atoms with Crippen molar-refractivity contribution in [3.05, 3.63) is 24.3 Å². The van der Waals surface area contributed by atoms with Crippen LogP contribution in [0.3, 0.4) is 0 Å². The van der Waals surface area contributed by atoms with E-state index in [-0.39, 0.29) is 11.7 Å². The zero-order valence-corrected chi connectivity index (χ0v) is 12.1. The maximum atomic E-state index is 12.5. The van der Waals surface area contributed by atoms with Crippen LogP contribution in [0.2, 0.25) is 0 Å². The van der Waals surface area contributed by atoms with Crippen LogP contribution >= 0.6 is 0 Å². The molecule has 1 amide bonds. The molecule has 0 spiro atoms. The molecular formula is C15H21N3O3. The van der Waals surface area contributed by atoms with Crippen LogP contribution in [0, 0.1) is 5.41 Å². The summed E-state index contributed by atoms with van der Waals surface area (Å²) in [5.74, 6) is 0.519. The number of hydrogen-bond acceptors (Lipinski definition) is 4. The van der Waals surface area contributed by atoms with Crippen LogP contribution in [0.4, 0.5) is 5.69 Å². The maximum Gasteiger partial charge on any atom is 0.238 e. The number of hydrogen-bond donors (Lipinski definition) is 3. The number of carbonyl (C=O) groups excluding carboxylic acids is 1. The average Bonchev–Trinajstić information content (AvgIpc) is 2.99. The summed E-state index contributed by atoms with van der Waals surface area (Å²) in [6.07, 6.45) is 3.00. The third-order valence-corrected chi connectivity index (χ3v) is 3.91. The van der Waals surface area contributed by atoms with Crippen molar-refractivity contribution in [2.24, 2.45) is 16.3 Å². The number of benzene rings is 1. The molecule has 0 unspecified atom stereocenters. The van der Waals surface area contributed by atoms with E-state index in [1.807, 2.05) is 6.92 Å². The van der Waals surface area contributed by atoms with Gasteiger partial charge in [-0.25, -0.2) is 0 Å². The van der Waals surface area contributed by atoms with Crippen LogP contribution in [0.15, 0.2) is 29.4 Å². The summed E-state index contributed by atoms with van der Waals surface area (Å²) in [7, 11) is 0. The first-order valence-corrected chi connectivity index (χ1v) is 7.14. The van der Waals surface area contributed by atoms with Crippen LogP contribution in [-0.2, 0) is 4.79 Å². The number of anilines is 1. The molecule has 1 fully saturated rings. The third kappa shape index (κ3) is 3.09. The molecule has 0 bridgehead atoms. The first kappa shape index (κ1) is 15.2. The Hall–Kier alpha value is -2.24. The molecular weight excluding hydrogens is 270 g/mol. The number of amides is 1. The fourth-order valence-corrected chi connectivity index (χ4v) is 2.73. The van der Waals surface area contributed by atoms with Crippen LogP contribution < -0.4 is 15.8 Å². The van der Waals surface area contributed by atoms with Crippen molar-refractivity contribution in [2.75, 3.05) is 11.9 Å². The summed E-state index contributed by atoms with van der Waals surface area (Å²) >= 11 is 0. The molecule has 1 aromatic rings. The van der Waals surface area contributed by atoms with E-state index in [9.17, 15) is 4.79 Å². The lowest BCUT2D eigenvalue weighted by molar-refractivity contribution is -0.122. The molecule has 0 aromatic heterocycles. The van der Waals surface area contributed by atoms with Crippen LogP contribution in [0.1, 0.15) is 32.6 Å². The first-order chi connectivity index (χ1) is 10.1. The van der Waals surface area contributed by atoms with Gasteiger partial charge in [-0.2, -0.15) is 0 Å². The van der Waals surface area contributed by atoms with E-state index in [1.165, 1.54) is 0 Å². The number of nitrogens with zero attached hydrogens (tertiary/aromatic N) is 1. The molecule has 0 heterocycles. The van der Waals surface area contributed by atoms with Gasteiger partial charge >= 0.3 is 0 Å². The van der Waals surface area contributed by atoms with Crippen LogP contribution in [0.25, 0.3) is 0 Å². The molecule has 0 radical (unpaired) electrons. The van der Waals surface area contributed by atoms with E-state index in [4.69, 9.17) is 15.7 Å². The van der Waals surface area contributed by atoms with E-state index >= 15 is 0 Å². The highest BCUT2D eigenvalue weighted by Crippen LogP contribution is 2.39. The molecule has 6 nitrogen and oxygen atoms in total. The Kier molecular flexibility index (Phi) is 4.67. The summed E-state index contributed by atoms with van der Waals surface area (Å²) in [4.78, 5) is 12.5. The quantitative estimate of drug-likeness (QED) is 0.336. The summed E-state index contributed by atoms with van der Waals surface area (Å²) in [6.45, 7) is 2.51. The van der Waals surface area contributed by atoms with Crippen molar-refractivity contribution in [3.63, 3.8) is 0 Å². The maximum absolute atomic E-state index is 12.5. The average molecular weight is 291 g/mol. The molecule has 0 saturated heterocycles. The molecule has 0 atom stereocenters. The Labute approximate surface area is 124 Å². The molecule has 6 heteroatoms. The molecule has 4 N–H and O–H groups in total. The Balaban J connectivity index is 2.12. The Bertz CT molecular complexity index is 519. The lowest BCUT2D eigenvalue weighted by Gasteiger charge is -2.26. The highest BCUT2D eigenvalue weighted by Gasteiger charge is 2.45. The summed E-state index contributed by atoms with van der Waals surface area (Å²) < 4.78 is 5.36. The van der Waals surface area contributed by atoms with Gasteiger partial charge in [0.15, 0.2) is 5.84 Å². The van der Waals surface area contributed by atoms with Gasteiger partial charge in [0, 0.05) is 5.69 Å². The molecule has 21 heavy (non-hydrogen) atoms. The normalized spacial score (nSPS) is 17.5. The predicted molar refractivity (Wildman–Crippen MR) is 80.6 cm³/mol. The van der Waals surface area contributed by atoms with Gasteiger partial charge in [0.2, 0.25) is 5.91 Å². The standard InChI is InChI=1S/C15H21N3O3/c1-2-21-12-7-5-11(6-8-12)17-14(19)15(13(16)18-20)9-3-4-10-15/h5-8,20H,2-4,9-10H2,1H3,(H2,16,18)(H,17,19). The summed E-state index contributed by atoms with van der Waals surface area (Å²) in [6, 6.07) is 7.14. The van der Waals surface area contributed by atoms with E-state index in [0.29, 0.717) is 25.1 Å². The minimum atomic E-state index is -0.895. The smallest absolute Gasteiger partial charge is 0.238 e. The van der Waals surface area contributed by atoms with Gasteiger partial charge < -0.3 is 21.0 Å². The number of amidine groups is 1. The first-order valence-electron chi connectivity index (χ1n) is 7.14. The second-order valence-electron chi connectivity index (χ2n) is 5.19. The minimum Gasteiger partial charge on any atom is -0.494 e. The number of rotatable bonds is 5. The molecule has 0 aliphatic heterocycles. The number of carbonyl (C=O) groups is 1. The van der Waals surface area contributed by atoms with E-state index < -0.39 is 5.41 Å². The molecule has 1 aromatic carbocycles. The second kappa shape index (κ2) is 6.47. The molecule has 114 valence electrons. The molecule has 2 rings (SSSR count). The van der Waals surface area contributed by atoms with Gasteiger partial charge in [-0.05, 0) is 44.0 Å². The van der Waals surface area contributed by atoms with Gasteiger partial charge in [0.1, 0.15) is 11.2 Å². The number of ether oxygens (including phenoxy) is 1. The second-order valence-corrected chi connectivity index (χ2v) is 5.19. The fourth-order valence-electron chi connectivity index (χ4n) is 2.73. The monoisotopic (exact) mass is 291 g/mol. The van der Waals surface area contributed by atoms with Gasteiger partial charge in [0.05, 0.1) is 6.61 Å². The highest BCUT2D eigenvalue weighted by atomic mass is 16.5. The van der Waals surface area contributed by atoms with Crippen molar-refractivity contribution in [2.45, 2.75) is 32.6 Å². The topological polar surface area (TPSA) is 96.9 Å². The fraction of sp³-hybridized carbons (Fsp3) is 0.467. The molecule has 1 aliphatic rings. The van der Waals surface area contributed by atoms with Crippen molar-refractivity contribution in [1.29, 1.82) is 0 Å². The number of nitrogens with two attached hydrogens (primary N) is 1. The van der Waals surface area contributed by atoms with E-state index in [0.717, 1.165) is 18.6 Å². The third-order valence-electron chi connectivity index (χ3n) is 3.91. The van der Waals surface area contributed by atoms with Gasteiger partial charge in [-0.1, -0.05) is 18.0 Å². The molecule has 1 saturated carbocycles. The Morgan fingerprint density at radius 3 is 2.52 bits per heavy atom. The largest absolute Gasteiger partial charge is 0.494 e. The zero-order chi connectivity index (χ0) is 15.3. The Morgan fingerprint density at radius 1 is 1.38 bits per heavy atom. The van der Waals surface area contributed by atoms with Crippen LogP contribution in [-0.4, -0.2) is 23.6 Å². The van der Waals surface area contributed by atoms with Gasteiger partial charge in [-0.15, -0.1) is 0 Å². The van der Waals surface area contributed by atoms with Crippen molar-refractivity contribution in [1.82, 2.24) is 0 Å². The van der Waals surface area contributed by atoms with Gasteiger partial charge in [-0.3, -0.25) is 4.79 Å². The molecule has 1 aliphatic carbocycles. The predicted octanol–water partition coefficient (Wildman–Crippen LogP) is 2.33. The minimum absolute atomic E-state index is 0.0107. The van der Waals surface area contributed by atoms with Crippen molar-refractivity contribution in [3.8, 4) is 5.75 Å².